The zero-order valence-corrected chi connectivity index (χ0v) is 12.6. The molecule has 0 aliphatic heterocycles. The fraction of sp³-hybridized carbons (Fsp3) is 0.316. The maximum atomic E-state index is 9.12. The normalized spacial score (nSPS) is 15.5. The smallest absolute Gasteiger partial charge is 0.142 e. The first-order chi connectivity index (χ1) is 10.8. The number of nitrogens with zero attached hydrogens (tertiary/aromatic N) is 1. The lowest BCUT2D eigenvalue weighted by Crippen LogP contribution is -1.97. The van der Waals surface area contributed by atoms with Crippen molar-refractivity contribution in [3.05, 3.63) is 41.5 Å². The highest BCUT2D eigenvalue weighted by atomic mass is 16.5. The molecular formula is C19H17NO2. The molecule has 1 heterocycles. The highest BCUT2D eigenvalue weighted by Gasteiger charge is 2.25. The summed E-state index contributed by atoms with van der Waals surface area (Å²) >= 11 is 0. The Morgan fingerprint density at radius 2 is 1.95 bits per heavy atom. The van der Waals surface area contributed by atoms with Crippen molar-refractivity contribution in [2.24, 2.45) is 0 Å². The lowest BCUT2D eigenvalue weighted by atomic mass is 9.94. The average Bonchev–Trinajstić information content (AvgIpc) is 3.20. The Morgan fingerprint density at radius 3 is 2.68 bits per heavy atom. The SMILES string of the molecule is COc1ccc2c(oc3ccc(C#N)cc32)c1C1CCCC1. The van der Waals surface area contributed by atoms with Gasteiger partial charge in [0.1, 0.15) is 16.9 Å². The van der Waals surface area contributed by atoms with Gasteiger partial charge >= 0.3 is 0 Å². The first-order valence-corrected chi connectivity index (χ1v) is 7.75. The van der Waals surface area contributed by atoms with E-state index in [1.807, 2.05) is 24.3 Å². The summed E-state index contributed by atoms with van der Waals surface area (Å²) in [6.07, 6.45) is 4.91. The van der Waals surface area contributed by atoms with Gasteiger partial charge in [0.25, 0.3) is 0 Å². The number of hydrogen-bond donors (Lipinski definition) is 0. The highest BCUT2D eigenvalue weighted by molar-refractivity contribution is 6.07. The van der Waals surface area contributed by atoms with Gasteiger partial charge in [0.05, 0.1) is 18.7 Å². The summed E-state index contributed by atoms with van der Waals surface area (Å²) in [6, 6.07) is 11.9. The predicted molar refractivity (Wildman–Crippen MR) is 86.2 cm³/mol. The molecule has 0 bridgehead atoms. The van der Waals surface area contributed by atoms with E-state index in [-0.39, 0.29) is 0 Å². The Kier molecular flexibility index (Phi) is 3.04. The van der Waals surface area contributed by atoms with E-state index in [2.05, 4.69) is 6.07 Å². The van der Waals surface area contributed by atoms with Crippen molar-refractivity contribution in [2.75, 3.05) is 7.11 Å². The predicted octanol–water partition coefficient (Wildman–Crippen LogP) is 5.12. The molecule has 22 heavy (non-hydrogen) atoms. The molecule has 1 saturated carbocycles. The number of rotatable bonds is 2. The van der Waals surface area contributed by atoms with Crippen LogP contribution in [0.25, 0.3) is 21.9 Å². The molecule has 110 valence electrons. The van der Waals surface area contributed by atoms with Crippen molar-refractivity contribution in [3.8, 4) is 11.8 Å². The van der Waals surface area contributed by atoms with Crippen molar-refractivity contribution in [2.45, 2.75) is 31.6 Å². The minimum atomic E-state index is 0.509. The third-order valence-electron chi connectivity index (χ3n) is 4.75. The van der Waals surface area contributed by atoms with E-state index < -0.39 is 0 Å². The first-order valence-electron chi connectivity index (χ1n) is 7.75. The van der Waals surface area contributed by atoms with Gasteiger partial charge in [-0.3, -0.25) is 0 Å². The number of ether oxygens (including phenoxy) is 1. The Labute approximate surface area is 129 Å². The lowest BCUT2D eigenvalue weighted by Gasteiger charge is -2.14. The largest absolute Gasteiger partial charge is 0.496 e. The van der Waals surface area contributed by atoms with Crippen molar-refractivity contribution in [3.63, 3.8) is 0 Å². The van der Waals surface area contributed by atoms with Crippen LogP contribution in [-0.4, -0.2) is 7.11 Å². The average molecular weight is 291 g/mol. The monoisotopic (exact) mass is 291 g/mol. The zero-order valence-electron chi connectivity index (χ0n) is 12.6. The second-order valence-corrected chi connectivity index (χ2v) is 5.96. The summed E-state index contributed by atoms with van der Waals surface area (Å²) in [5.74, 6) is 1.42. The van der Waals surface area contributed by atoms with E-state index in [0.717, 1.165) is 27.7 Å². The van der Waals surface area contributed by atoms with Gasteiger partial charge in [-0.15, -0.1) is 0 Å². The second kappa shape index (κ2) is 5.06. The molecule has 0 unspecified atom stereocenters. The topological polar surface area (TPSA) is 46.2 Å². The van der Waals surface area contributed by atoms with E-state index in [1.54, 1.807) is 13.2 Å². The molecule has 0 atom stereocenters. The van der Waals surface area contributed by atoms with Crippen LogP contribution in [0.4, 0.5) is 0 Å². The summed E-state index contributed by atoms with van der Waals surface area (Å²) in [5, 5.41) is 11.2. The van der Waals surface area contributed by atoms with Gasteiger partial charge in [0, 0.05) is 16.3 Å². The number of furan rings is 1. The number of methoxy groups -OCH3 is 1. The molecule has 0 N–H and O–H groups in total. The number of hydrogen-bond acceptors (Lipinski definition) is 3. The van der Waals surface area contributed by atoms with Crippen LogP contribution in [0, 0.1) is 11.3 Å². The summed E-state index contributed by atoms with van der Waals surface area (Å²) in [6.45, 7) is 0. The summed E-state index contributed by atoms with van der Waals surface area (Å²) < 4.78 is 11.7. The van der Waals surface area contributed by atoms with E-state index >= 15 is 0 Å². The minimum Gasteiger partial charge on any atom is -0.496 e. The fourth-order valence-corrected chi connectivity index (χ4v) is 3.69. The van der Waals surface area contributed by atoms with Gasteiger partial charge in [0.2, 0.25) is 0 Å². The third-order valence-corrected chi connectivity index (χ3v) is 4.75. The van der Waals surface area contributed by atoms with Crippen molar-refractivity contribution < 1.29 is 9.15 Å². The highest BCUT2D eigenvalue weighted by Crippen LogP contribution is 2.45. The number of fused-ring (bicyclic) bond motifs is 3. The van der Waals surface area contributed by atoms with Crippen LogP contribution in [-0.2, 0) is 0 Å². The first kappa shape index (κ1) is 13.2. The van der Waals surface area contributed by atoms with Gasteiger partial charge in [-0.05, 0) is 49.1 Å². The van der Waals surface area contributed by atoms with Gasteiger partial charge in [-0.2, -0.15) is 5.26 Å². The minimum absolute atomic E-state index is 0.509. The summed E-state index contributed by atoms with van der Waals surface area (Å²) in [7, 11) is 1.72. The second-order valence-electron chi connectivity index (χ2n) is 5.96. The molecule has 1 aliphatic carbocycles. The Morgan fingerprint density at radius 1 is 1.14 bits per heavy atom. The Bertz CT molecular complexity index is 895. The number of benzene rings is 2. The van der Waals surface area contributed by atoms with Gasteiger partial charge in [-0.1, -0.05) is 12.8 Å². The maximum Gasteiger partial charge on any atom is 0.142 e. The molecule has 3 nitrogen and oxygen atoms in total. The molecule has 1 fully saturated rings. The molecule has 0 spiro atoms. The van der Waals surface area contributed by atoms with Crippen LogP contribution in [0.2, 0.25) is 0 Å². The lowest BCUT2D eigenvalue weighted by molar-refractivity contribution is 0.405. The van der Waals surface area contributed by atoms with E-state index in [1.165, 1.54) is 31.2 Å². The zero-order chi connectivity index (χ0) is 15.1. The van der Waals surface area contributed by atoms with Crippen molar-refractivity contribution in [1.82, 2.24) is 0 Å². The molecule has 2 aromatic carbocycles. The molecule has 0 amide bonds. The molecule has 0 radical (unpaired) electrons. The molecule has 3 aromatic rings. The van der Waals surface area contributed by atoms with Crippen LogP contribution in [0.15, 0.2) is 34.7 Å². The molecule has 1 aromatic heterocycles. The Hall–Kier alpha value is -2.47. The van der Waals surface area contributed by atoms with E-state index in [4.69, 9.17) is 14.4 Å². The third kappa shape index (κ3) is 1.88. The fourth-order valence-electron chi connectivity index (χ4n) is 3.69. The summed E-state index contributed by atoms with van der Waals surface area (Å²) in [5.41, 5.74) is 3.62. The summed E-state index contributed by atoms with van der Waals surface area (Å²) in [4.78, 5) is 0. The molecule has 0 saturated heterocycles. The van der Waals surface area contributed by atoms with Crippen LogP contribution in [0.3, 0.4) is 0 Å². The van der Waals surface area contributed by atoms with Crippen molar-refractivity contribution in [1.29, 1.82) is 5.26 Å². The van der Waals surface area contributed by atoms with Crippen LogP contribution < -0.4 is 4.74 Å². The Balaban J connectivity index is 2.05. The standard InChI is InChI=1S/C19H17NO2/c1-21-17-9-7-14-15-10-12(11-20)6-8-16(15)22-19(14)18(17)13-4-2-3-5-13/h6-10,13H,2-5H2,1H3. The maximum absolute atomic E-state index is 9.12. The number of nitriles is 1. The van der Waals surface area contributed by atoms with Crippen LogP contribution in [0.5, 0.6) is 5.75 Å². The quantitative estimate of drug-likeness (QED) is 0.658. The molecular weight excluding hydrogens is 274 g/mol. The molecule has 4 rings (SSSR count). The van der Waals surface area contributed by atoms with E-state index in [0.29, 0.717) is 11.5 Å². The van der Waals surface area contributed by atoms with Crippen molar-refractivity contribution >= 4 is 21.9 Å². The van der Waals surface area contributed by atoms with Crippen LogP contribution in [0.1, 0.15) is 42.7 Å². The molecule has 3 heteroatoms. The van der Waals surface area contributed by atoms with Gasteiger partial charge in [0.15, 0.2) is 0 Å². The van der Waals surface area contributed by atoms with Crippen LogP contribution >= 0.6 is 0 Å². The van der Waals surface area contributed by atoms with Gasteiger partial charge < -0.3 is 9.15 Å². The molecule has 1 aliphatic rings. The van der Waals surface area contributed by atoms with E-state index in [9.17, 15) is 0 Å². The van der Waals surface area contributed by atoms with Gasteiger partial charge in [-0.25, -0.2) is 0 Å².